The van der Waals surface area contributed by atoms with Crippen molar-refractivity contribution in [1.29, 1.82) is 0 Å². The third-order valence-corrected chi connectivity index (χ3v) is 5.66. The Balaban J connectivity index is 1.95. The molecule has 1 heterocycles. The van der Waals surface area contributed by atoms with Gasteiger partial charge in [0.2, 0.25) is 0 Å². The van der Waals surface area contributed by atoms with Gasteiger partial charge in [-0.2, -0.15) is 0 Å². The molecule has 29 heavy (non-hydrogen) atoms. The fourth-order valence-corrected chi connectivity index (χ4v) is 4.16. The minimum absolute atomic E-state index is 0.157. The van der Waals surface area contributed by atoms with Crippen LogP contribution in [0.15, 0.2) is 42.5 Å². The number of nitrogens with zero attached hydrogens (tertiary/aromatic N) is 1. The number of carbonyl (C=O) groups is 2. The third-order valence-electron chi connectivity index (χ3n) is 3.92. The number of rotatable bonds is 4. The molecule has 0 aliphatic rings. The molecule has 0 saturated heterocycles. The molecule has 2 aromatic carbocycles. The maximum atomic E-state index is 12.6. The van der Waals surface area contributed by atoms with Crippen molar-refractivity contribution in [3.05, 3.63) is 68.0 Å². The number of fused-ring (bicyclic) bond motifs is 1. The Morgan fingerprint density at radius 1 is 1.10 bits per heavy atom. The van der Waals surface area contributed by atoms with E-state index in [0.717, 1.165) is 0 Å². The van der Waals surface area contributed by atoms with Crippen molar-refractivity contribution in [2.75, 3.05) is 5.32 Å². The molecule has 3 rings (SSSR count). The summed E-state index contributed by atoms with van der Waals surface area (Å²) in [6.45, 7) is 5.62. The molecule has 150 valence electrons. The first-order valence-corrected chi connectivity index (χ1v) is 9.85. The van der Waals surface area contributed by atoms with Crippen LogP contribution in [0, 0.1) is 10.1 Å². The topological polar surface area (TPSA) is 101 Å². The van der Waals surface area contributed by atoms with Crippen molar-refractivity contribution in [1.82, 2.24) is 5.32 Å². The van der Waals surface area contributed by atoms with E-state index in [2.05, 4.69) is 10.6 Å². The van der Waals surface area contributed by atoms with E-state index in [1.807, 2.05) is 20.8 Å². The summed E-state index contributed by atoms with van der Waals surface area (Å²) in [5, 5.41) is 17.5. The SMILES string of the molecule is CC(C)(C)NC(=O)c1sc2c(NC(=O)c3cccc([N+](=O)[O-])c3)cccc2c1Cl. The van der Waals surface area contributed by atoms with Crippen LogP contribution in [0.3, 0.4) is 0 Å². The summed E-state index contributed by atoms with van der Waals surface area (Å²) >= 11 is 7.60. The number of anilines is 1. The van der Waals surface area contributed by atoms with Crippen molar-refractivity contribution in [3.8, 4) is 0 Å². The summed E-state index contributed by atoms with van der Waals surface area (Å²) in [6.07, 6.45) is 0. The van der Waals surface area contributed by atoms with E-state index in [0.29, 0.717) is 25.7 Å². The van der Waals surface area contributed by atoms with Gasteiger partial charge in [0, 0.05) is 28.6 Å². The fraction of sp³-hybridized carbons (Fsp3) is 0.200. The van der Waals surface area contributed by atoms with Crippen LogP contribution in [-0.2, 0) is 0 Å². The highest BCUT2D eigenvalue weighted by atomic mass is 35.5. The second-order valence-corrected chi connectivity index (χ2v) is 8.79. The van der Waals surface area contributed by atoms with Crippen LogP contribution in [-0.4, -0.2) is 22.3 Å². The first-order chi connectivity index (χ1) is 13.6. The highest BCUT2D eigenvalue weighted by Crippen LogP contribution is 2.39. The van der Waals surface area contributed by atoms with Gasteiger partial charge in [0.05, 0.1) is 20.3 Å². The molecular formula is C20H18ClN3O4S. The van der Waals surface area contributed by atoms with E-state index in [1.165, 1.54) is 35.6 Å². The number of non-ortho nitro benzene ring substituents is 1. The molecule has 2 N–H and O–H groups in total. The van der Waals surface area contributed by atoms with E-state index >= 15 is 0 Å². The van der Waals surface area contributed by atoms with Crippen LogP contribution in [0.4, 0.5) is 11.4 Å². The third kappa shape index (κ3) is 4.55. The molecule has 2 amide bonds. The Bertz CT molecular complexity index is 1130. The van der Waals surface area contributed by atoms with Gasteiger partial charge in [0.15, 0.2) is 0 Å². The summed E-state index contributed by atoms with van der Waals surface area (Å²) in [5.41, 5.74) is 0.0387. The summed E-state index contributed by atoms with van der Waals surface area (Å²) in [6, 6.07) is 10.6. The monoisotopic (exact) mass is 431 g/mol. The van der Waals surface area contributed by atoms with Gasteiger partial charge >= 0.3 is 0 Å². The summed E-state index contributed by atoms with van der Waals surface area (Å²) in [5.74, 6) is -0.786. The van der Waals surface area contributed by atoms with Gasteiger partial charge in [-0.15, -0.1) is 11.3 Å². The lowest BCUT2D eigenvalue weighted by atomic mass is 10.1. The minimum atomic E-state index is -0.559. The number of benzene rings is 2. The van der Waals surface area contributed by atoms with E-state index in [4.69, 9.17) is 11.6 Å². The van der Waals surface area contributed by atoms with Crippen LogP contribution in [0.25, 0.3) is 10.1 Å². The standard InChI is InChI=1S/C20H18ClN3O4S/c1-20(2,3)23-19(26)17-15(21)13-8-5-9-14(16(13)29-17)22-18(25)11-6-4-7-12(10-11)24(27)28/h4-10H,1-3H3,(H,22,25)(H,23,26). The fourth-order valence-electron chi connectivity index (χ4n) is 2.69. The van der Waals surface area contributed by atoms with Crippen LogP contribution in [0.2, 0.25) is 5.02 Å². The lowest BCUT2D eigenvalue weighted by molar-refractivity contribution is -0.384. The molecule has 0 atom stereocenters. The van der Waals surface area contributed by atoms with Gasteiger partial charge in [0.1, 0.15) is 4.88 Å². The predicted molar refractivity (Wildman–Crippen MR) is 115 cm³/mol. The lowest BCUT2D eigenvalue weighted by Gasteiger charge is -2.19. The van der Waals surface area contributed by atoms with E-state index in [9.17, 15) is 19.7 Å². The van der Waals surface area contributed by atoms with Crippen LogP contribution < -0.4 is 10.6 Å². The number of hydrogen-bond acceptors (Lipinski definition) is 5. The molecule has 0 bridgehead atoms. The average molecular weight is 432 g/mol. The molecule has 0 unspecified atom stereocenters. The number of hydrogen-bond donors (Lipinski definition) is 2. The van der Waals surface area contributed by atoms with Crippen molar-refractivity contribution < 1.29 is 14.5 Å². The normalized spacial score (nSPS) is 11.3. The minimum Gasteiger partial charge on any atom is -0.347 e. The Labute approximate surface area is 175 Å². The first-order valence-electron chi connectivity index (χ1n) is 8.66. The molecule has 0 aliphatic heterocycles. The van der Waals surface area contributed by atoms with Gasteiger partial charge in [0.25, 0.3) is 17.5 Å². The van der Waals surface area contributed by atoms with Crippen LogP contribution in [0.1, 0.15) is 40.8 Å². The molecule has 0 saturated carbocycles. The number of carbonyl (C=O) groups excluding carboxylic acids is 2. The summed E-state index contributed by atoms with van der Waals surface area (Å²) in [7, 11) is 0. The predicted octanol–water partition coefficient (Wildman–Crippen LogP) is 5.24. The zero-order valence-corrected chi connectivity index (χ0v) is 17.5. The largest absolute Gasteiger partial charge is 0.347 e. The highest BCUT2D eigenvalue weighted by Gasteiger charge is 2.23. The van der Waals surface area contributed by atoms with Crippen LogP contribution in [0.5, 0.6) is 0 Å². The summed E-state index contributed by atoms with van der Waals surface area (Å²) in [4.78, 5) is 35.9. The molecule has 9 heteroatoms. The van der Waals surface area contributed by atoms with Crippen LogP contribution >= 0.6 is 22.9 Å². The summed E-state index contributed by atoms with van der Waals surface area (Å²) < 4.78 is 0.648. The van der Waals surface area contributed by atoms with E-state index < -0.39 is 16.4 Å². The average Bonchev–Trinajstić information content (AvgIpc) is 2.98. The van der Waals surface area contributed by atoms with Crippen molar-refractivity contribution in [3.63, 3.8) is 0 Å². The van der Waals surface area contributed by atoms with E-state index in [-0.39, 0.29) is 17.2 Å². The maximum Gasteiger partial charge on any atom is 0.270 e. The molecule has 1 aromatic heterocycles. The number of halogens is 1. The lowest BCUT2D eigenvalue weighted by Crippen LogP contribution is -2.40. The molecule has 7 nitrogen and oxygen atoms in total. The van der Waals surface area contributed by atoms with Crippen molar-refractivity contribution in [2.24, 2.45) is 0 Å². The molecule has 0 radical (unpaired) electrons. The quantitative estimate of drug-likeness (QED) is 0.435. The zero-order chi connectivity index (χ0) is 21.3. The molecule has 0 aliphatic carbocycles. The zero-order valence-electron chi connectivity index (χ0n) is 15.9. The van der Waals surface area contributed by atoms with Gasteiger partial charge < -0.3 is 10.6 Å². The second-order valence-electron chi connectivity index (χ2n) is 7.39. The number of nitro groups is 1. The molecule has 0 spiro atoms. The van der Waals surface area contributed by atoms with Gasteiger partial charge in [-0.1, -0.05) is 29.8 Å². The van der Waals surface area contributed by atoms with Gasteiger partial charge in [-0.25, -0.2) is 0 Å². The molecular weight excluding hydrogens is 414 g/mol. The molecule has 0 fully saturated rings. The van der Waals surface area contributed by atoms with Crippen molar-refractivity contribution in [2.45, 2.75) is 26.3 Å². The Hall–Kier alpha value is -2.97. The Morgan fingerprint density at radius 3 is 2.45 bits per heavy atom. The molecule has 3 aromatic rings. The highest BCUT2D eigenvalue weighted by molar-refractivity contribution is 7.22. The van der Waals surface area contributed by atoms with Crippen molar-refractivity contribution >= 4 is 56.2 Å². The smallest absolute Gasteiger partial charge is 0.270 e. The Morgan fingerprint density at radius 2 is 1.79 bits per heavy atom. The van der Waals surface area contributed by atoms with E-state index in [1.54, 1.807) is 18.2 Å². The number of nitrogens with one attached hydrogen (secondary N) is 2. The number of thiophene rings is 1. The Kier molecular flexibility index (Phi) is 5.59. The number of amides is 2. The first kappa shape index (κ1) is 20.8. The van der Waals surface area contributed by atoms with Gasteiger partial charge in [-0.3, -0.25) is 19.7 Å². The second kappa shape index (κ2) is 7.81. The van der Waals surface area contributed by atoms with Gasteiger partial charge in [-0.05, 0) is 32.9 Å². The maximum absolute atomic E-state index is 12.6. The number of nitro benzene ring substituents is 1.